The number of para-hydroxylation sites is 1. The summed E-state index contributed by atoms with van der Waals surface area (Å²) < 4.78 is 1.23. The summed E-state index contributed by atoms with van der Waals surface area (Å²) in [7, 11) is 5.98. The van der Waals surface area contributed by atoms with E-state index in [9.17, 15) is 0 Å². The van der Waals surface area contributed by atoms with E-state index in [1.54, 1.807) is 0 Å². The summed E-state index contributed by atoms with van der Waals surface area (Å²) in [5.41, 5.74) is 2.09. The Hall–Kier alpha value is -0.810. The molecule has 16 heavy (non-hydrogen) atoms. The van der Waals surface area contributed by atoms with Crippen LogP contribution >= 0.6 is 8.96 Å². The third-order valence-electron chi connectivity index (χ3n) is 2.11. The molecule has 0 aliphatic carbocycles. The number of aliphatic imine (C=N–C) groups is 1. The maximum absolute atomic E-state index is 5.98. The number of hydrogen-bond acceptors (Lipinski definition) is 1. The molecule has 0 heterocycles. The van der Waals surface area contributed by atoms with Gasteiger partial charge in [0.1, 0.15) is 0 Å². The van der Waals surface area contributed by atoms with Crippen molar-refractivity contribution in [3.8, 4) is 0 Å². The molecule has 2 aromatic rings. The summed E-state index contributed by atoms with van der Waals surface area (Å²) in [5.74, 6) is 0. The fourth-order valence-corrected chi connectivity index (χ4v) is 3.23. The molecule has 3 heteroatoms. The van der Waals surface area contributed by atoms with Gasteiger partial charge in [-0.25, -0.2) is 0 Å². The molecule has 2 aromatic carbocycles. The van der Waals surface area contributed by atoms with Crippen LogP contribution in [0, 0.1) is 0 Å². The van der Waals surface area contributed by atoms with Crippen molar-refractivity contribution in [1.29, 1.82) is 0 Å². The molecule has 0 bridgehead atoms. The van der Waals surface area contributed by atoms with Crippen molar-refractivity contribution in [2.24, 2.45) is 4.99 Å². The molecule has 0 saturated heterocycles. The average Bonchev–Trinajstić information content (AvgIpc) is 2.38. The molecule has 0 amide bonds. The summed E-state index contributed by atoms with van der Waals surface area (Å²) in [6.45, 7) is 0. The zero-order valence-electron chi connectivity index (χ0n) is 8.51. The van der Waals surface area contributed by atoms with Gasteiger partial charge in [0, 0.05) is 0 Å². The SMILES string of the molecule is Cl[Te]c1ccccc1C=Nc1ccccc1. The normalized spacial score (nSPS) is 10.8. The zero-order valence-corrected chi connectivity index (χ0v) is 11.6. The van der Waals surface area contributed by atoms with E-state index in [1.807, 2.05) is 48.7 Å². The summed E-state index contributed by atoms with van der Waals surface area (Å²) in [6, 6.07) is 18.1. The number of benzene rings is 2. The van der Waals surface area contributed by atoms with Gasteiger partial charge in [0.05, 0.1) is 0 Å². The predicted molar refractivity (Wildman–Crippen MR) is 71.4 cm³/mol. The second kappa shape index (κ2) is 6.06. The number of halogens is 1. The molecule has 0 aliphatic rings. The molecular formula is C13H10ClNTe. The van der Waals surface area contributed by atoms with Gasteiger partial charge in [0.2, 0.25) is 0 Å². The molecule has 0 saturated carbocycles. The Morgan fingerprint density at radius 2 is 1.62 bits per heavy atom. The van der Waals surface area contributed by atoms with Crippen molar-refractivity contribution in [2.75, 3.05) is 0 Å². The summed E-state index contributed by atoms with van der Waals surface area (Å²) in [5, 5.41) is 0. The Morgan fingerprint density at radius 3 is 2.38 bits per heavy atom. The summed E-state index contributed by atoms with van der Waals surface area (Å²) in [4.78, 5) is 4.42. The molecule has 0 atom stereocenters. The molecule has 0 N–H and O–H groups in total. The van der Waals surface area contributed by atoms with Gasteiger partial charge in [-0.2, -0.15) is 0 Å². The Kier molecular flexibility index (Phi) is 4.42. The van der Waals surface area contributed by atoms with Crippen molar-refractivity contribution in [3.05, 3.63) is 60.2 Å². The van der Waals surface area contributed by atoms with E-state index in [4.69, 9.17) is 8.96 Å². The van der Waals surface area contributed by atoms with Gasteiger partial charge in [-0.3, -0.25) is 0 Å². The average molecular weight is 343 g/mol. The zero-order chi connectivity index (χ0) is 11.2. The first-order valence-corrected chi connectivity index (χ1v) is 8.98. The molecule has 0 unspecified atom stereocenters. The Balaban J connectivity index is 2.24. The van der Waals surface area contributed by atoms with Crippen LogP contribution in [-0.4, -0.2) is 26.0 Å². The van der Waals surface area contributed by atoms with Crippen molar-refractivity contribution in [1.82, 2.24) is 0 Å². The van der Waals surface area contributed by atoms with Crippen LogP contribution in [0.2, 0.25) is 0 Å². The minimum absolute atomic E-state index is 0.582. The van der Waals surface area contributed by atoms with Gasteiger partial charge in [-0.15, -0.1) is 0 Å². The molecule has 2 rings (SSSR count). The molecule has 0 aromatic heterocycles. The van der Waals surface area contributed by atoms with Gasteiger partial charge >= 0.3 is 109 Å². The van der Waals surface area contributed by atoms with Crippen molar-refractivity contribution >= 4 is 44.3 Å². The number of nitrogens with zero attached hydrogens (tertiary/aromatic N) is 1. The van der Waals surface area contributed by atoms with Gasteiger partial charge in [0.15, 0.2) is 0 Å². The Morgan fingerprint density at radius 1 is 0.938 bits per heavy atom. The minimum atomic E-state index is -0.582. The second-order valence-corrected chi connectivity index (χ2v) is 5.94. The van der Waals surface area contributed by atoms with Gasteiger partial charge in [-0.1, -0.05) is 0 Å². The van der Waals surface area contributed by atoms with E-state index in [0.717, 1.165) is 11.3 Å². The maximum atomic E-state index is 5.98. The molecule has 0 fully saturated rings. The van der Waals surface area contributed by atoms with E-state index in [0.29, 0.717) is 0 Å². The monoisotopic (exact) mass is 345 g/mol. The van der Waals surface area contributed by atoms with E-state index in [-0.39, 0.29) is 0 Å². The fraction of sp³-hybridized carbons (Fsp3) is 0. The van der Waals surface area contributed by atoms with Gasteiger partial charge < -0.3 is 0 Å². The van der Waals surface area contributed by atoms with Crippen LogP contribution in [0.3, 0.4) is 0 Å². The van der Waals surface area contributed by atoms with Crippen LogP contribution in [0.4, 0.5) is 5.69 Å². The first-order valence-electron chi connectivity index (χ1n) is 4.87. The first kappa shape index (κ1) is 11.7. The third kappa shape index (κ3) is 3.09. The molecular weight excluding hydrogens is 333 g/mol. The van der Waals surface area contributed by atoms with E-state index < -0.39 is 19.8 Å². The first-order chi connectivity index (χ1) is 7.90. The molecule has 0 spiro atoms. The van der Waals surface area contributed by atoms with Gasteiger partial charge in [0.25, 0.3) is 0 Å². The topological polar surface area (TPSA) is 12.4 Å². The van der Waals surface area contributed by atoms with Crippen molar-refractivity contribution < 1.29 is 0 Å². The standard InChI is InChI=1S/C13H10ClNTe/c14-16-13-9-5-4-6-11(13)10-15-12-7-2-1-3-8-12/h1-10H. The summed E-state index contributed by atoms with van der Waals surface area (Å²) >= 11 is -0.582. The predicted octanol–water partition coefficient (Wildman–Crippen LogP) is 2.92. The third-order valence-corrected chi connectivity index (χ3v) is 4.76. The van der Waals surface area contributed by atoms with Crippen molar-refractivity contribution in [3.63, 3.8) is 0 Å². The molecule has 80 valence electrons. The van der Waals surface area contributed by atoms with Crippen molar-refractivity contribution in [2.45, 2.75) is 0 Å². The van der Waals surface area contributed by atoms with Crippen LogP contribution in [0.1, 0.15) is 5.56 Å². The Bertz CT molecular complexity index is 482. The molecule has 0 aliphatic heterocycles. The molecule has 1 nitrogen and oxygen atoms in total. The van der Waals surface area contributed by atoms with Crippen LogP contribution in [0.5, 0.6) is 0 Å². The second-order valence-electron chi connectivity index (χ2n) is 3.21. The van der Waals surface area contributed by atoms with E-state index in [1.165, 1.54) is 3.61 Å². The number of rotatable bonds is 3. The quantitative estimate of drug-likeness (QED) is 0.600. The van der Waals surface area contributed by atoms with Crippen LogP contribution < -0.4 is 3.61 Å². The van der Waals surface area contributed by atoms with E-state index >= 15 is 0 Å². The van der Waals surface area contributed by atoms with Crippen LogP contribution in [0.25, 0.3) is 0 Å². The Labute approximate surface area is 109 Å². The van der Waals surface area contributed by atoms with Crippen LogP contribution in [-0.2, 0) is 0 Å². The van der Waals surface area contributed by atoms with E-state index in [2.05, 4.69) is 17.1 Å². The fourth-order valence-electron chi connectivity index (χ4n) is 1.32. The van der Waals surface area contributed by atoms with Gasteiger partial charge in [-0.05, 0) is 0 Å². The summed E-state index contributed by atoms with van der Waals surface area (Å²) in [6.07, 6.45) is 1.89. The molecule has 0 radical (unpaired) electrons. The number of hydrogen-bond donors (Lipinski definition) is 0. The van der Waals surface area contributed by atoms with Crippen LogP contribution in [0.15, 0.2) is 59.6 Å².